The van der Waals surface area contributed by atoms with Gasteiger partial charge < -0.3 is 40.7 Å². The number of nitrogens with zero attached hydrogens (tertiary/aromatic N) is 2. The summed E-state index contributed by atoms with van der Waals surface area (Å²) in [6, 6.07) is 12.1. The molecule has 0 fully saturated rings. The van der Waals surface area contributed by atoms with E-state index >= 15 is 0 Å². The number of aromatic amines is 1. The summed E-state index contributed by atoms with van der Waals surface area (Å²) in [5.74, 6) is -1.19. The molecule has 15 nitrogen and oxygen atoms in total. The van der Waals surface area contributed by atoms with E-state index in [2.05, 4.69) is 31.5 Å². The Morgan fingerprint density at radius 1 is 0.907 bits per heavy atom. The lowest BCUT2D eigenvalue weighted by atomic mass is 10.0. The van der Waals surface area contributed by atoms with Crippen LogP contribution in [0.1, 0.15) is 68.8 Å². The fourth-order valence-corrected chi connectivity index (χ4v) is 6.02. The lowest BCUT2D eigenvalue weighted by Gasteiger charge is -2.26. The van der Waals surface area contributed by atoms with Crippen LogP contribution in [0.5, 0.6) is 11.5 Å². The van der Waals surface area contributed by atoms with Gasteiger partial charge in [-0.3, -0.25) is 29.1 Å². The average molecular weight is 748 g/mol. The molecule has 0 unspecified atom stereocenters. The molecule has 15 heteroatoms. The summed E-state index contributed by atoms with van der Waals surface area (Å²) >= 11 is 0. The van der Waals surface area contributed by atoms with Crippen molar-refractivity contribution in [2.45, 2.75) is 77.5 Å². The zero-order chi connectivity index (χ0) is 39.0. The van der Waals surface area contributed by atoms with E-state index in [-0.39, 0.29) is 43.2 Å². The summed E-state index contributed by atoms with van der Waals surface area (Å²) in [6.07, 6.45) is 2.74. The van der Waals surface area contributed by atoms with Crippen LogP contribution >= 0.6 is 0 Å². The third kappa shape index (κ3) is 12.6. The van der Waals surface area contributed by atoms with E-state index in [1.807, 2.05) is 32.0 Å². The predicted octanol–water partition coefficient (Wildman–Crippen LogP) is 2.35. The lowest BCUT2D eigenvalue weighted by molar-refractivity contribution is -0.134. The number of rotatable bonds is 6. The van der Waals surface area contributed by atoms with Gasteiger partial charge in [-0.25, -0.2) is 0 Å². The maximum absolute atomic E-state index is 13.7. The molecule has 5 rings (SSSR count). The summed E-state index contributed by atoms with van der Waals surface area (Å²) in [4.78, 5) is 67.6. The Hall–Kier alpha value is -5.44. The maximum Gasteiger partial charge on any atom is 0.257 e. The van der Waals surface area contributed by atoms with Gasteiger partial charge >= 0.3 is 0 Å². The molecule has 2 aliphatic rings. The highest BCUT2D eigenvalue weighted by atomic mass is 16.5. The Morgan fingerprint density at radius 3 is 2.33 bits per heavy atom. The van der Waals surface area contributed by atoms with Crippen LogP contribution < -0.4 is 30.7 Å². The molecule has 292 valence electrons. The maximum atomic E-state index is 13.7. The first-order valence-electron chi connectivity index (χ1n) is 18.5. The number of hydrogen-bond donors (Lipinski definition) is 6. The van der Waals surface area contributed by atoms with Crippen molar-refractivity contribution in [1.29, 1.82) is 0 Å². The minimum Gasteiger partial charge on any atom is -0.493 e. The SMILES string of the molecule is COc1cc2ccc1OCC(=O)NCCCN(C(=O)c1ccc(-c3ccn[nH]3)cc1)CCCCNC(=O)[C@H]([C@@H](C)O)NC(=O)[C@@H](CC(C)C)NC(=O)CC2. The zero-order valence-corrected chi connectivity index (χ0v) is 31.5. The van der Waals surface area contributed by atoms with Gasteiger partial charge in [0.1, 0.15) is 12.1 Å². The van der Waals surface area contributed by atoms with E-state index in [9.17, 15) is 29.1 Å². The fourth-order valence-electron chi connectivity index (χ4n) is 6.02. The van der Waals surface area contributed by atoms with Crippen molar-refractivity contribution in [3.8, 4) is 22.8 Å². The molecule has 6 N–H and O–H groups in total. The molecule has 5 amide bonds. The summed E-state index contributed by atoms with van der Waals surface area (Å²) < 4.78 is 11.2. The Morgan fingerprint density at radius 2 is 1.65 bits per heavy atom. The molecular formula is C39H53N7O8. The van der Waals surface area contributed by atoms with Crippen LogP contribution in [-0.2, 0) is 25.6 Å². The number of aliphatic hydroxyl groups excluding tert-OH is 1. The first-order chi connectivity index (χ1) is 25.9. The summed E-state index contributed by atoms with van der Waals surface area (Å²) in [6.45, 7) is 6.31. The van der Waals surface area contributed by atoms with Crippen molar-refractivity contribution in [3.63, 3.8) is 0 Å². The zero-order valence-electron chi connectivity index (χ0n) is 31.5. The molecule has 0 spiro atoms. The first kappa shape index (κ1) is 41.3. The highest BCUT2D eigenvalue weighted by molar-refractivity contribution is 5.95. The number of nitrogens with one attached hydrogen (secondary N) is 5. The van der Waals surface area contributed by atoms with Crippen LogP contribution in [0, 0.1) is 5.92 Å². The Balaban J connectivity index is 1.49. The number of aromatic nitrogens is 2. The minimum absolute atomic E-state index is 0.0480. The smallest absolute Gasteiger partial charge is 0.257 e. The van der Waals surface area contributed by atoms with Crippen LogP contribution in [0.25, 0.3) is 11.3 Å². The number of carbonyl (C=O) groups excluding carboxylic acids is 5. The van der Waals surface area contributed by atoms with Gasteiger partial charge in [0.15, 0.2) is 18.1 Å². The number of benzene rings is 2. The van der Waals surface area contributed by atoms with Gasteiger partial charge in [-0.1, -0.05) is 32.0 Å². The highest BCUT2D eigenvalue weighted by Crippen LogP contribution is 2.28. The summed E-state index contributed by atoms with van der Waals surface area (Å²) in [7, 11) is 1.48. The molecule has 0 saturated carbocycles. The molecule has 0 saturated heterocycles. The molecule has 1 aromatic heterocycles. The van der Waals surface area contributed by atoms with Gasteiger partial charge in [0.2, 0.25) is 17.7 Å². The van der Waals surface area contributed by atoms with Crippen molar-refractivity contribution < 1.29 is 38.6 Å². The van der Waals surface area contributed by atoms with Crippen LogP contribution in [0.4, 0.5) is 0 Å². The van der Waals surface area contributed by atoms with E-state index in [1.165, 1.54) is 14.0 Å². The van der Waals surface area contributed by atoms with Crippen molar-refractivity contribution in [3.05, 3.63) is 65.9 Å². The van der Waals surface area contributed by atoms with Crippen LogP contribution in [0.2, 0.25) is 0 Å². The van der Waals surface area contributed by atoms with Gasteiger partial charge in [-0.2, -0.15) is 5.10 Å². The Kier molecular flexibility index (Phi) is 15.8. The standard InChI is InChI=1S/C39H53N7O8/c1-25(2)22-31-37(50)44-36(26(3)47)38(51)41-17-5-6-20-46(39(52)29-12-10-28(11-13-29)30-16-19-42-45-30)21-7-18-40-35(49)24-54-32-14-8-27(23-33(32)53-4)9-15-34(48)43-31/h8,10-14,16,19,23,25-26,31,36,47H,5-7,9,15,17-18,20-22,24H2,1-4H3,(H,40,49)(H,41,51)(H,42,45)(H,43,48)(H,44,50)/t26-,31-,36+/m1/s1. The molecule has 2 bridgehead atoms. The van der Waals surface area contributed by atoms with Crippen molar-refractivity contribution >= 4 is 29.5 Å². The number of aryl methyl sites for hydroxylation is 1. The Bertz CT molecular complexity index is 1700. The summed E-state index contributed by atoms with van der Waals surface area (Å²) in [5.41, 5.74) is 3.01. The van der Waals surface area contributed by atoms with Crippen molar-refractivity contribution in [2.75, 3.05) is 39.9 Å². The number of carbonyl (C=O) groups is 5. The van der Waals surface area contributed by atoms with Gasteiger partial charge in [-0.05, 0) is 86.4 Å². The van der Waals surface area contributed by atoms with Gasteiger partial charge in [0.05, 0.1) is 18.9 Å². The quantitative estimate of drug-likeness (QED) is 0.205. The van der Waals surface area contributed by atoms with Gasteiger partial charge in [0, 0.05) is 44.4 Å². The fraction of sp³-hybridized carbons (Fsp3) is 0.487. The number of fused-ring (bicyclic) bond motifs is 23. The Labute approximate surface area is 315 Å². The van der Waals surface area contributed by atoms with E-state index in [4.69, 9.17) is 9.47 Å². The number of H-pyrrole nitrogens is 1. The molecule has 0 radical (unpaired) electrons. The molecule has 3 atom stereocenters. The third-order valence-corrected chi connectivity index (χ3v) is 8.96. The number of amides is 5. The third-order valence-electron chi connectivity index (χ3n) is 8.96. The highest BCUT2D eigenvalue weighted by Gasteiger charge is 2.30. The van der Waals surface area contributed by atoms with Crippen LogP contribution in [-0.4, -0.2) is 108 Å². The molecule has 2 aliphatic heterocycles. The van der Waals surface area contributed by atoms with Crippen molar-refractivity contribution in [1.82, 2.24) is 36.4 Å². The van der Waals surface area contributed by atoms with E-state index < -0.39 is 30.0 Å². The second-order valence-electron chi connectivity index (χ2n) is 13.8. The second kappa shape index (κ2) is 20.7. The normalized spacial score (nSPS) is 19.6. The number of ether oxygens (including phenoxy) is 2. The monoisotopic (exact) mass is 747 g/mol. The van der Waals surface area contributed by atoms with Gasteiger partial charge in [0.25, 0.3) is 11.8 Å². The summed E-state index contributed by atoms with van der Waals surface area (Å²) in [5, 5.41) is 28.4. The predicted molar refractivity (Wildman–Crippen MR) is 202 cm³/mol. The number of methoxy groups -OCH3 is 1. The molecule has 2 aromatic carbocycles. The minimum atomic E-state index is -1.24. The molecule has 0 aliphatic carbocycles. The molecule has 3 heterocycles. The number of aliphatic hydroxyl groups is 1. The van der Waals surface area contributed by atoms with Gasteiger partial charge in [-0.15, -0.1) is 0 Å². The topological polar surface area (TPSA) is 204 Å². The largest absolute Gasteiger partial charge is 0.493 e. The van der Waals surface area contributed by atoms with Crippen molar-refractivity contribution in [2.24, 2.45) is 5.92 Å². The average Bonchev–Trinajstić information content (AvgIpc) is 3.70. The van der Waals surface area contributed by atoms with E-state index in [1.54, 1.807) is 41.4 Å². The van der Waals surface area contributed by atoms with E-state index in [0.717, 1.165) is 16.8 Å². The second-order valence-corrected chi connectivity index (χ2v) is 13.8. The number of hydrogen-bond acceptors (Lipinski definition) is 9. The molecule has 3 aromatic rings. The first-order valence-corrected chi connectivity index (χ1v) is 18.5. The molecular weight excluding hydrogens is 694 g/mol. The van der Waals surface area contributed by atoms with Crippen LogP contribution in [0.15, 0.2) is 54.7 Å². The van der Waals surface area contributed by atoms with E-state index in [0.29, 0.717) is 68.8 Å². The lowest BCUT2D eigenvalue weighted by Crippen LogP contribution is -2.57. The molecule has 54 heavy (non-hydrogen) atoms. The van der Waals surface area contributed by atoms with Crippen LogP contribution in [0.3, 0.4) is 0 Å².